The number of hydrogen-bond donors (Lipinski definition) is 6. The van der Waals surface area contributed by atoms with Crippen LogP contribution in [-0.2, 0) is 22.6 Å². The van der Waals surface area contributed by atoms with Gasteiger partial charge in [0, 0.05) is 88.5 Å². The monoisotopic (exact) mass is 765 g/mol. The van der Waals surface area contributed by atoms with Gasteiger partial charge in [0.15, 0.2) is 11.2 Å². The van der Waals surface area contributed by atoms with Crippen molar-refractivity contribution in [1.82, 2.24) is 55.3 Å². The van der Waals surface area contributed by atoms with Crippen LogP contribution < -0.4 is 43.4 Å². The smallest absolute Gasteiger partial charge is 0.292 e. The summed E-state index contributed by atoms with van der Waals surface area (Å²) in [6, 6.07) is 5.56. The molecule has 5 aromatic heterocycles. The van der Waals surface area contributed by atoms with Crippen LogP contribution in [0.25, 0.3) is 33.4 Å². The minimum atomic E-state index is -0.410. The SMILES string of the molecule is NCc1cnc(N2CCN(c3ncc(C(=O)NCCOCCC(=O)NCCCCn4nc(-c5ccc6oc(N)nc6c5)c5c(N)ncnc54)c(N)n3)CC2)nc1. The highest BCUT2D eigenvalue weighted by Crippen LogP contribution is 2.32. The van der Waals surface area contributed by atoms with Crippen LogP contribution in [-0.4, -0.2) is 109 Å². The number of ether oxygens (including phenoxy) is 1. The number of nitrogens with zero attached hydrogens (tertiary/aromatic N) is 11. The zero-order chi connectivity index (χ0) is 39.0. The van der Waals surface area contributed by atoms with E-state index in [0.717, 1.165) is 17.5 Å². The Morgan fingerprint density at radius 3 is 2.38 bits per heavy atom. The summed E-state index contributed by atoms with van der Waals surface area (Å²) in [5.41, 5.74) is 28.0. The molecule has 10 N–H and O–H groups in total. The van der Waals surface area contributed by atoms with Gasteiger partial charge in [-0.25, -0.2) is 29.6 Å². The third kappa shape index (κ3) is 8.63. The van der Waals surface area contributed by atoms with E-state index in [1.54, 1.807) is 23.1 Å². The molecule has 7 rings (SSSR count). The standard InChI is InChI=1S/C35H43N17O4/c36-16-21-17-42-34(43-18-21)50-9-11-51(12-10-50)35-44-19-23(29(37)48-35)32(54)41-7-14-55-13-5-26(53)40-6-1-2-8-52-31-27(30(38)45-20-46-31)28(49-52)22-3-4-25-24(15-22)47-33(39)56-25/h3-4,15,17-20H,1-2,5-14,16,36H2,(H2,39,47)(H,40,53)(H,41,54)(H2,37,44,48)(H2,38,45,46). The fourth-order valence-corrected chi connectivity index (χ4v) is 6.22. The normalized spacial score (nSPS) is 13.1. The van der Waals surface area contributed by atoms with E-state index in [9.17, 15) is 9.59 Å². The molecule has 1 aliphatic rings. The van der Waals surface area contributed by atoms with Gasteiger partial charge in [0.1, 0.15) is 29.2 Å². The number of nitrogen functional groups attached to an aromatic ring is 3. The third-order valence-electron chi connectivity index (χ3n) is 9.18. The molecule has 6 aromatic rings. The molecule has 0 aliphatic carbocycles. The van der Waals surface area contributed by atoms with Crippen LogP contribution >= 0.6 is 0 Å². The van der Waals surface area contributed by atoms with E-state index >= 15 is 0 Å². The van der Waals surface area contributed by atoms with E-state index in [4.69, 9.17) is 37.2 Å². The molecule has 21 heteroatoms. The van der Waals surface area contributed by atoms with Crippen LogP contribution in [0.4, 0.5) is 29.5 Å². The first-order chi connectivity index (χ1) is 27.3. The molecule has 0 bridgehead atoms. The number of benzene rings is 1. The maximum atomic E-state index is 12.7. The molecule has 0 spiro atoms. The number of piperazine rings is 1. The van der Waals surface area contributed by atoms with Crippen molar-refractivity contribution >= 4 is 63.5 Å². The van der Waals surface area contributed by atoms with Gasteiger partial charge in [0.25, 0.3) is 11.9 Å². The molecule has 1 fully saturated rings. The third-order valence-corrected chi connectivity index (χ3v) is 9.18. The molecule has 0 unspecified atom stereocenters. The van der Waals surface area contributed by atoms with Crippen LogP contribution in [0.5, 0.6) is 0 Å². The zero-order valence-corrected chi connectivity index (χ0v) is 30.6. The first-order valence-corrected chi connectivity index (χ1v) is 18.2. The number of unbranched alkanes of at least 4 members (excludes halogenated alkanes) is 1. The molecule has 56 heavy (non-hydrogen) atoms. The van der Waals surface area contributed by atoms with Gasteiger partial charge in [-0.05, 0) is 31.0 Å². The summed E-state index contributed by atoms with van der Waals surface area (Å²) in [6.45, 7) is 4.71. The summed E-state index contributed by atoms with van der Waals surface area (Å²) in [5.74, 6) is 0.962. The number of nitrogens with two attached hydrogens (primary N) is 4. The Morgan fingerprint density at radius 2 is 1.61 bits per heavy atom. The number of carbonyl (C=O) groups is 2. The molecule has 21 nitrogen and oxygen atoms in total. The van der Waals surface area contributed by atoms with E-state index in [0.29, 0.717) is 97.8 Å². The highest BCUT2D eigenvalue weighted by atomic mass is 16.5. The Morgan fingerprint density at radius 1 is 0.839 bits per heavy atom. The minimum Gasteiger partial charge on any atom is -0.424 e. The molecule has 1 saturated heterocycles. The van der Waals surface area contributed by atoms with Gasteiger partial charge in [-0.1, -0.05) is 0 Å². The molecule has 1 aliphatic heterocycles. The van der Waals surface area contributed by atoms with Crippen molar-refractivity contribution < 1.29 is 18.7 Å². The largest absolute Gasteiger partial charge is 0.424 e. The highest BCUT2D eigenvalue weighted by molar-refractivity contribution is 5.99. The number of oxazole rings is 1. The van der Waals surface area contributed by atoms with E-state index in [1.165, 1.54) is 12.5 Å². The predicted octanol–water partition coefficient (Wildman–Crippen LogP) is 0.480. The lowest BCUT2D eigenvalue weighted by Gasteiger charge is -2.34. The molecule has 0 atom stereocenters. The van der Waals surface area contributed by atoms with E-state index in [2.05, 4.69) is 50.4 Å². The molecular formula is C35H43N17O4. The second kappa shape index (κ2) is 17.2. The predicted molar refractivity (Wildman–Crippen MR) is 208 cm³/mol. The van der Waals surface area contributed by atoms with Crippen LogP contribution in [0.15, 0.2) is 47.5 Å². The zero-order valence-electron chi connectivity index (χ0n) is 30.6. The lowest BCUT2D eigenvalue weighted by Crippen LogP contribution is -2.47. The van der Waals surface area contributed by atoms with Crippen LogP contribution in [0.2, 0.25) is 0 Å². The Labute approximate surface area is 320 Å². The number of nitrogens with one attached hydrogen (secondary N) is 2. The van der Waals surface area contributed by atoms with Crippen molar-refractivity contribution in [2.45, 2.75) is 32.4 Å². The summed E-state index contributed by atoms with van der Waals surface area (Å²) in [6.07, 6.45) is 7.92. The maximum Gasteiger partial charge on any atom is 0.292 e. The molecule has 1 aromatic carbocycles. The average molecular weight is 766 g/mol. The summed E-state index contributed by atoms with van der Waals surface area (Å²) in [7, 11) is 0. The average Bonchev–Trinajstić information content (AvgIpc) is 3.78. The Hall–Kier alpha value is -6.74. The van der Waals surface area contributed by atoms with Gasteiger partial charge in [-0.15, -0.1) is 0 Å². The Bertz CT molecular complexity index is 2300. The van der Waals surface area contributed by atoms with Crippen molar-refractivity contribution in [1.29, 1.82) is 0 Å². The molecule has 6 heterocycles. The number of anilines is 5. The first kappa shape index (κ1) is 37.6. The molecule has 0 radical (unpaired) electrons. The summed E-state index contributed by atoms with van der Waals surface area (Å²) < 4.78 is 12.7. The summed E-state index contributed by atoms with van der Waals surface area (Å²) in [5, 5.41) is 11.1. The highest BCUT2D eigenvalue weighted by Gasteiger charge is 2.23. The van der Waals surface area contributed by atoms with E-state index in [1.807, 2.05) is 17.0 Å². The number of aromatic nitrogens is 9. The lowest BCUT2D eigenvalue weighted by molar-refractivity contribution is -0.122. The van der Waals surface area contributed by atoms with Crippen molar-refractivity contribution in [3.05, 3.63) is 54.2 Å². The number of hydrogen-bond acceptors (Lipinski definition) is 18. The lowest BCUT2D eigenvalue weighted by atomic mass is 10.1. The van der Waals surface area contributed by atoms with Crippen molar-refractivity contribution in [3.8, 4) is 11.3 Å². The molecule has 2 amide bonds. The van der Waals surface area contributed by atoms with Gasteiger partial charge < -0.3 is 52.5 Å². The fraction of sp³-hybridized carbons (Fsp3) is 0.371. The number of carbonyl (C=O) groups excluding carboxylic acids is 2. The van der Waals surface area contributed by atoms with E-state index < -0.39 is 5.91 Å². The fourth-order valence-electron chi connectivity index (χ4n) is 6.22. The van der Waals surface area contributed by atoms with Gasteiger partial charge in [-0.3, -0.25) is 9.59 Å². The van der Waals surface area contributed by atoms with Crippen LogP contribution in [0.3, 0.4) is 0 Å². The summed E-state index contributed by atoms with van der Waals surface area (Å²) >= 11 is 0. The van der Waals surface area contributed by atoms with Crippen molar-refractivity contribution in [3.63, 3.8) is 0 Å². The quantitative estimate of drug-likeness (QED) is 0.0730. The number of rotatable bonds is 16. The number of fused-ring (bicyclic) bond motifs is 2. The summed E-state index contributed by atoms with van der Waals surface area (Å²) in [4.78, 5) is 59.5. The number of aryl methyl sites for hydroxylation is 1. The maximum absolute atomic E-state index is 12.7. The molecular weight excluding hydrogens is 722 g/mol. The van der Waals surface area contributed by atoms with Crippen LogP contribution in [0, 0.1) is 0 Å². The van der Waals surface area contributed by atoms with Gasteiger partial charge in [0.05, 0.1) is 24.2 Å². The Kier molecular flexibility index (Phi) is 11.5. The topological polar surface area (TPSA) is 299 Å². The Balaban J connectivity index is 0.779. The number of amides is 2. The second-order valence-corrected chi connectivity index (χ2v) is 13.0. The molecule has 0 saturated carbocycles. The van der Waals surface area contributed by atoms with Gasteiger partial charge >= 0.3 is 0 Å². The van der Waals surface area contributed by atoms with Crippen molar-refractivity contribution in [2.75, 3.05) is 79.5 Å². The second-order valence-electron chi connectivity index (χ2n) is 13.0. The van der Waals surface area contributed by atoms with Gasteiger partial charge in [-0.2, -0.15) is 15.1 Å². The molecule has 292 valence electrons. The minimum absolute atomic E-state index is 0.0852. The van der Waals surface area contributed by atoms with Crippen LogP contribution in [0.1, 0.15) is 35.2 Å². The first-order valence-electron chi connectivity index (χ1n) is 18.2. The van der Waals surface area contributed by atoms with E-state index in [-0.39, 0.29) is 49.5 Å². The van der Waals surface area contributed by atoms with Gasteiger partial charge in [0.2, 0.25) is 17.8 Å². The van der Waals surface area contributed by atoms with Crippen molar-refractivity contribution in [2.24, 2.45) is 5.73 Å².